The van der Waals surface area contributed by atoms with E-state index in [2.05, 4.69) is 6.58 Å². The topological polar surface area (TPSA) is 26.6 Å². The molecule has 0 radical (unpaired) electrons. The molecule has 0 aromatic rings. The van der Waals surface area contributed by atoms with Gasteiger partial charge in [-0.05, 0) is 6.92 Å². The Balaban J connectivity index is 4.99. The van der Waals surface area contributed by atoms with Crippen LogP contribution in [0.25, 0.3) is 0 Å². The third kappa shape index (κ3) is 2.87. The van der Waals surface area contributed by atoms with Gasteiger partial charge in [0.15, 0.2) is 0 Å². The van der Waals surface area contributed by atoms with Crippen LogP contribution in [0.5, 0.6) is 0 Å². The molecule has 0 N–H and O–H groups in total. The van der Waals surface area contributed by atoms with E-state index in [1.165, 1.54) is 0 Å². The van der Waals surface area contributed by atoms with Crippen molar-refractivity contribution in [1.82, 2.24) is 9.80 Å². The summed E-state index contributed by atoms with van der Waals surface area (Å²) in [6.07, 6.45) is 0. The Kier molecular flexibility index (Phi) is 4.34. The number of guanidine groups is 1. The normalized spacial score (nSPS) is 9.29. The van der Waals surface area contributed by atoms with Crippen LogP contribution >= 0.6 is 0 Å². The van der Waals surface area contributed by atoms with Crippen LogP contribution in [0, 0.1) is 0 Å². The van der Waals surface area contributed by atoms with Crippen molar-refractivity contribution in [2.24, 2.45) is 0 Å². The van der Waals surface area contributed by atoms with Crippen molar-refractivity contribution in [2.45, 2.75) is 6.92 Å². The number of likely N-dealkylation sites (N-methyl/N-ethyl adjacent to an activating group) is 1. The Hall–Kier alpha value is -1.32. The number of hydrogen-bond acceptors (Lipinski definition) is 1. The van der Waals surface area contributed by atoms with E-state index < -0.39 is 0 Å². The number of nitrogens with zero attached hydrogens (tertiary/aromatic N) is 3. The molecule has 1 amide bonds. The maximum atomic E-state index is 11.6. The molecule has 0 saturated heterocycles. The molecule has 0 aromatic heterocycles. The average molecular weight is 198 g/mol. The molecule has 0 aliphatic heterocycles. The molecule has 4 heteroatoms. The molecule has 4 nitrogen and oxygen atoms in total. The molecule has 0 aromatic carbocycles. The first-order chi connectivity index (χ1) is 6.29. The number of rotatable bonds is 1. The second-order valence-electron chi connectivity index (χ2n) is 3.73. The monoisotopic (exact) mass is 198 g/mol. The number of carbonyl (C=O) groups is 1. The number of hydrogen-bond donors (Lipinski definition) is 0. The highest BCUT2D eigenvalue weighted by molar-refractivity contribution is 6.02. The molecule has 0 fully saturated rings. The van der Waals surface area contributed by atoms with Gasteiger partial charge in [0.05, 0.1) is 35.2 Å². The summed E-state index contributed by atoms with van der Waals surface area (Å²) < 4.78 is 1.89. The Labute approximate surface area is 86.1 Å². The zero-order valence-electron chi connectivity index (χ0n) is 9.96. The molecule has 0 aliphatic rings. The van der Waals surface area contributed by atoms with Crippen LogP contribution < -0.4 is 0 Å². The molecule has 0 atom stereocenters. The van der Waals surface area contributed by atoms with Gasteiger partial charge in [-0.3, -0.25) is 14.3 Å². The SMILES string of the molecule is C=C(C)C(=O)N(C)C(N(C)C)=[N+](C)C. The molecule has 0 unspecified atom stereocenters. The van der Waals surface area contributed by atoms with Crippen LogP contribution in [0.1, 0.15) is 6.92 Å². The third-order valence-electron chi connectivity index (χ3n) is 1.77. The fourth-order valence-corrected chi connectivity index (χ4v) is 1.38. The quantitative estimate of drug-likeness (QED) is 0.261. The van der Waals surface area contributed by atoms with Crippen LogP contribution in [0.2, 0.25) is 0 Å². The molecular formula is C10H20N3O+. The van der Waals surface area contributed by atoms with Crippen molar-refractivity contribution in [1.29, 1.82) is 0 Å². The van der Waals surface area contributed by atoms with Gasteiger partial charge in [-0.15, -0.1) is 0 Å². The molecule has 80 valence electrons. The molecule has 0 bridgehead atoms. The predicted octanol–water partition coefficient (Wildman–Crippen LogP) is 0.211. The molecule has 0 spiro atoms. The zero-order valence-corrected chi connectivity index (χ0v) is 9.96. The Morgan fingerprint density at radius 2 is 1.64 bits per heavy atom. The first-order valence-corrected chi connectivity index (χ1v) is 4.44. The molecule has 0 rings (SSSR count). The van der Waals surface area contributed by atoms with Crippen LogP contribution in [-0.4, -0.2) is 61.5 Å². The third-order valence-corrected chi connectivity index (χ3v) is 1.77. The molecule has 0 heterocycles. The van der Waals surface area contributed by atoms with Gasteiger partial charge in [-0.25, -0.2) is 0 Å². The van der Waals surface area contributed by atoms with Crippen molar-refractivity contribution >= 4 is 11.9 Å². The van der Waals surface area contributed by atoms with Gasteiger partial charge < -0.3 is 0 Å². The lowest BCUT2D eigenvalue weighted by Gasteiger charge is -2.19. The second-order valence-corrected chi connectivity index (χ2v) is 3.73. The van der Waals surface area contributed by atoms with Crippen molar-refractivity contribution in [2.75, 3.05) is 35.2 Å². The minimum absolute atomic E-state index is 0.0672. The van der Waals surface area contributed by atoms with Gasteiger partial charge >= 0.3 is 11.9 Å². The van der Waals surface area contributed by atoms with E-state index in [1.807, 2.05) is 37.7 Å². The summed E-state index contributed by atoms with van der Waals surface area (Å²) in [7, 11) is 9.34. The predicted molar refractivity (Wildman–Crippen MR) is 58.4 cm³/mol. The highest BCUT2D eigenvalue weighted by Crippen LogP contribution is 1.98. The van der Waals surface area contributed by atoms with E-state index in [0.29, 0.717) is 5.57 Å². The Bertz CT molecular complexity index is 275. The number of amides is 1. The van der Waals surface area contributed by atoms with E-state index in [1.54, 1.807) is 18.9 Å². The second kappa shape index (κ2) is 4.79. The highest BCUT2D eigenvalue weighted by atomic mass is 16.2. The van der Waals surface area contributed by atoms with E-state index in [0.717, 1.165) is 5.96 Å². The number of carbonyl (C=O) groups excluding carboxylic acids is 1. The Morgan fingerprint density at radius 3 is 1.86 bits per heavy atom. The summed E-state index contributed by atoms with van der Waals surface area (Å²) in [5, 5.41) is 0. The van der Waals surface area contributed by atoms with Crippen LogP contribution in [-0.2, 0) is 4.79 Å². The van der Waals surface area contributed by atoms with Crippen LogP contribution in [0.3, 0.4) is 0 Å². The lowest BCUT2D eigenvalue weighted by atomic mass is 10.3. The molecular weight excluding hydrogens is 178 g/mol. The Morgan fingerprint density at radius 1 is 1.21 bits per heavy atom. The average Bonchev–Trinajstić information content (AvgIpc) is 2.01. The minimum atomic E-state index is -0.0672. The van der Waals surface area contributed by atoms with Crippen molar-refractivity contribution in [3.05, 3.63) is 12.2 Å². The smallest absolute Gasteiger partial charge is 0.270 e. The largest absolute Gasteiger partial charge is 0.356 e. The maximum Gasteiger partial charge on any atom is 0.356 e. The van der Waals surface area contributed by atoms with E-state index in [9.17, 15) is 4.79 Å². The summed E-state index contributed by atoms with van der Waals surface area (Å²) in [6.45, 7) is 5.35. The standard InChI is InChI=1S/C10H20N3O/c1-8(2)9(14)13(7)10(11(3)4)12(5)6/h1H2,2-7H3/q+1. The van der Waals surface area contributed by atoms with Crippen molar-refractivity contribution < 1.29 is 9.37 Å². The fraction of sp³-hybridized carbons (Fsp3) is 0.600. The van der Waals surface area contributed by atoms with Crippen molar-refractivity contribution in [3.63, 3.8) is 0 Å². The summed E-state index contributed by atoms with van der Waals surface area (Å²) in [4.78, 5) is 15.1. The first-order valence-electron chi connectivity index (χ1n) is 4.44. The molecule has 14 heavy (non-hydrogen) atoms. The lowest BCUT2D eigenvalue weighted by molar-refractivity contribution is -0.474. The van der Waals surface area contributed by atoms with Gasteiger partial charge in [-0.2, -0.15) is 4.90 Å². The van der Waals surface area contributed by atoms with Gasteiger partial charge in [0.1, 0.15) is 0 Å². The minimum Gasteiger partial charge on any atom is -0.270 e. The highest BCUT2D eigenvalue weighted by Gasteiger charge is 2.25. The van der Waals surface area contributed by atoms with E-state index >= 15 is 0 Å². The van der Waals surface area contributed by atoms with Gasteiger partial charge in [0.2, 0.25) is 0 Å². The molecule has 0 aliphatic carbocycles. The fourth-order valence-electron chi connectivity index (χ4n) is 1.38. The summed E-state index contributed by atoms with van der Waals surface area (Å²) in [5.41, 5.74) is 0.536. The lowest BCUT2D eigenvalue weighted by Crippen LogP contribution is -2.46. The maximum absolute atomic E-state index is 11.6. The van der Waals surface area contributed by atoms with Crippen LogP contribution in [0.15, 0.2) is 12.2 Å². The first kappa shape index (κ1) is 12.7. The summed E-state index contributed by atoms with van der Waals surface area (Å²) >= 11 is 0. The van der Waals surface area contributed by atoms with Gasteiger partial charge in [0, 0.05) is 5.57 Å². The van der Waals surface area contributed by atoms with E-state index in [-0.39, 0.29) is 5.91 Å². The molecule has 0 saturated carbocycles. The van der Waals surface area contributed by atoms with Gasteiger partial charge in [0.25, 0.3) is 0 Å². The van der Waals surface area contributed by atoms with Crippen LogP contribution in [0.4, 0.5) is 0 Å². The van der Waals surface area contributed by atoms with E-state index in [4.69, 9.17) is 0 Å². The zero-order chi connectivity index (χ0) is 11.5. The summed E-state index contributed by atoms with van der Waals surface area (Å²) in [5.74, 6) is 0.764. The summed E-state index contributed by atoms with van der Waals surface area (Å²) in [6, 6.07) is 0. The van der Waals surface area contributed by atoms with Gasteiger partial charge in [-0.1, -0.05) is 6.58 Å². The van der Waals surface area contributed by atoms with Crippen molar-refractivity contribution in [3.8, 4) is 0 Å².